The summed E-state index contributed by atoms with van der Waals surface area (Å²) in [6, 6.07) is 0. The largest absolute Gasteiger partial charge is 0.466 e. The minimum atomic E-state index is -0.490. The van der Waals surface area contributed by atoms with Gasteiger partial charge in [-0.3, -0.25) is 0 Å². The highest BCUT2D eigenvalue weighted by Gasteiger charge is 2.47. The molecule has 0 aromatic rings. The van der Waals surface area contributed by atoms with Gasteiger partial charge in [-0.15, -0.1) is 0 Å². The molecule has 4 saturated carbocycles. The summed E-state index contributed by atoms with van der Waals surface area (Å²) in [5.41, 5.74) is 0. The van der Waals surface area contributed by atoms with Crippen molar-refractivity contribution in [3.05, 3.63) is 49.6 Å². The van der Waals surface area contributed by atoms with Crippen molar-refractivity contribution in [2.45, 2.75) is 64.6 Å². The fourth-order valence-electron chi connectivity index (χ4n) is 7.34. The fourth-order valence-corrected chi connectivity index (χ4v) is 7.34. The molecule has 0 aliphatic heterocycles. The van der Waals surface area contributed by atoms with Crippen LogP contribution in [0, 0.1) is 47.3 Å². The second-order valence-corrected chi connectivity index (χ2v) is 10.6. The predicted octanol–water partition coefficient (Wildman–Crippen LogP) is 6.27. The van der Waals surface area contributed by atoms with E-state index < -0.39 is 18.2 Å². The van der Waals surface area contributed by atoms with Crippen LogP contribution < -0.4 is 0 Å². The first-order chi connectivity index (χ1) is 16.9. The quantitative estimate of drug-likeness (QED) is 0.204. The van der Waals surface area contributed by atoms with Crippen LogP contribution in [0.5, 0.6) is 0 Å². The maximum atomic E-state index is 10.4. The standard InChI is InChI=1S/2C10H14.C6H10O3.C4H6O2/c2*1-2-9-7-4-5-8(6-7)10(9)3-1;1-4-6(7)9-5(2)8-3;1-3-4(5)6-2/h2*1-2,7-10H,3-6H2;4-5H,1H2,2-3H3;3H,1H2,2H3. The monoisotopic (exact) mass is 484 g/mol. The average molecular weight is 485 g/mol. The van der Waals surface area contributed by atoms with Crippen molar-refractivity contribution in [2.75, 3.05) is 14.2 Å². The molecule has 0 saturated heterocycles. The fraction of sp³-hybridized carbons (Fsp3) is 0.667. The van der Waals surface area contributed by atoms with Crippen LogP contribution in [0.25, 0.3) is 0 Å². The molecule has 0 amide bonds. The van der Waals surface area contributed by atoms with Crippen LogP contribution in [-0.2, 0) is 23.8 Å². The van der Waals surface area contributed by atoms with E-state index in [-0.39, 0.29) is 0 Å². The second kappa shape index (κ2) is 13.2. The molecule has 0 aromatic heterocycles. The van der Waals surface area contributed by atoms with Crippen molar-refractivity contribution in [3.8, 4) is 0 Å². The highest BCUT2D eigenvalue weighted by atomic mass is 16.7. The number of esters is 2. The molecule has 0 aromatic carbocycles. The molecule has 0 heterocycles. The minimum absolute atomic E-state index is 0.394. The lowest BCUT2D eigenvalue weighted by Gasteiger charge is -2.23. The maximum absolute atomic E-state index is 10.4. The molecule has 5 heteroatoms. The van der Waals surface area contributed by atoms with Crippen LogP contribution in [0.3, 0.4) is 0 Å². The third-order valence-corrected chi connectivity index (χ3v) is 9.00. The number of hydrogen-bond acceptors (Lipinski definition) is 5. The Morgan fingerprint density at radius 3 is 1.60 bits per heavy atom. The third-order valence-electron chi connectivity index (χ3n) is 9.00. The Kier molecular flexibility index (Phi) is 10.4. The van der Waals surface area contributed by atoms with Gasteiger partial charge in [-0.05, 0) is 106 Å². The molecule has 0 N–H and O–H groups in total. The molecule has 5 nitrogen and oxygen atoms in total. The SMILES string of the molecule is C1=CC2C3CCC(C3)C2C1.C1=CC2C3CCC(C3)C2C1.C=CC(=O)OC.C=CC(=O)OC(C)OC. The molecule has 0 radical (unpaired) electrons. The molecule has 35 heavy (non-hydrogen) atoms. The Morgan fingerprint density at radius 2 is 1.26 bits per heavy atom. The lowest BCUT2D eigenvalue weighted by atomic mass is 9.82. The molecule has 6 aliphatic rings. The lowest BCUT2D eigenvalue weighted by molar-refractivity contribution is -0.163. The molecular weight excluding hydrogens is 440 g/mol. The molecule has 9 unspecified atom stereocenters. The van der Waals surface area contributed by atoms with Gasteiger partial charge < -0.3 is 14.2 Å². The summed E-state index contributed by atoms with van der Waals surface area (Å²) in [7, 11) is 2.77. The maximum Gasteiger partial charge on any atom is 0.332 e. The zero-order valence-corrected chi connectivity index (χ0v) is 21.8. The van der Waals surface area contributed by atoms with Gasteiger partial charge in [0.2, 0.25) is 0 Å². The van der Waals surface area contributed by atoms with Crippen LogP contribution in [0.1, 0.15) is 58.3 Å². The van der Waals surface area contributed by atoms with Gasteiger partial charge in [-0.25, -0.2) is 9.59 Å². The summed E-state index contributed by atoms with van der Waals surface area (Å²) >= 11 is 0. The molecule has 4 bridgehead atoms. The van der Waals surface area contributed by atoms with E-state index in [4.69, 9.17) is 0 Å². The summed E-state index contributed by atoms with van der Waals surface area (Å²) in [6.45, 7) is 8.00. The number of rotatable bonds is 4. The molecule has 6 rings (SSSR count). The molecular formula is C30H44O5. The van der Waals surface area contributed by atoms with Crippen molar-refractivity contribution in [1.29, 1.82) is 0 Å². The van der Waals surface area contributed by atoms with Crippen molar-refractivity contribution in [3.63, 3.8) is 0 Å². The normalized spacial score (nSPS) is 36.3. The number of carbonyl (C=O) groups excluding carboxylic acids is 2. The van der Waals surface area contributed by atoms with Crippen molar-refractivity contribution in [1.82, 2.24) is 0 Å². The van der Waals surface area contributed by atoms with Gasteiger partial charge in [0.15, 0.2) is 6.29 Å². The number of carbonyl (C=O) groups is 2. The van der Waals surface area contributed by atoms with Crippen molar-refractivity contribution < 1.29 is 23.8 Å². The van der Waals surface area contributed by atoms with Crippen LogP contribution in [0.15, 0.2) is 49.6 Å². The number of methoxy groups -OCH3 is 2. The Hall–Kier alpha value is -2.14. The molecule has 6 aliphatic carbocycles. The first-order valence-corrected chi connectivity index (χ1v) is 13.3. The Bertz CT molecular complexity index is 757. The van der Waals surface area contributed by atoms with E-state index in [1.54, 1.807) is 32.6 Å². The van der Waals surface area contributed by atoms with Gasteiger partial charge in [0, 0.05) is 19.3 Å². The number of hydrogen-bond donors (Lipinski definition) is 0. The number of ether oxygens (including phenoxy) is 3. The van der Waals surface area contributed by atoms with Crippen LogP contribution >= 0.6 is 0 Å². The zero-order valence-electron chi connectivity index (χ0n) is 21.8. The van der Waals surface area contributed by atoms with Gasteiger partial charge >= 0.3 is 11.9 Å². The van der Waals surface area contributed by atoms with E-state index in [1.165, 1.54) is 39.9 Å². The first-order valence-electron chi connectivity index (χ1n) is 13.3. The van der Waals surface area contributed by atoms with E-state index >= 15 is 0 Å². The van der Waals surface area contributed by atoms with Gasteiger partial charge in [0.1, 0.15) is 0 Å². The van der Waals surface area contributed by atoms with Gasteiger partial charge in [0.05, 0.1) is 7.11 Å². The van der Waals surface area contributed by atoms with E-state index in [0.717, 1.165) is 59.5 Å². The zero-order chi connectivity index (χ0) is 25.4. The summed E-state index contributed by atoms with van der Waals surface area (Å²) in [4.78, 5) is 20.2. The van der Waals surface area contributed by atoms with Gasteiger partial charge in [-0.1, -0.05) is 37.5 Å². The second-order valence-electron chi connectivity index (χ2n) is 10.6. The lowest BCUT2D eigenvalue weighted by Crippen LogP contribution is -2.16. The van der Waals surface area contributed by atoms with Crippen LogP contribution in [0.2, 0.25) is 0 Å². The van der Waals surface area contributed by atoms with E-state index in [9.17, 15) is 9.59 Å². The number of allylic oxidation sites excluding steroid dienone is 4. The van der Waals surface area contributed by atoms with E-state index in [0.29, 0.717) is 0 Å². The number of fused-ring (bicyclic) bond motifs is 10. The molecule has 194 valence electrons. The first kappa shape index (κ1) is 27.4. The summed E-state index contributed by atoms with van der Waals surface area (Å²) < 4.78 is 13.3. The Labute approximate surface area is 211 Å². The molecule has 4 fully saturated rings. The van der Waals surface area contributed by atoms with Crippen molar-refractivity contribution >= 4 is 11.9 Å². The molecule has 0 spiro atoms. The topological polar surface area (TPSA) is 61.8 Å². The Morgan fingerprint density at radius 1 is 0.800 bits per heavy atom. The van der Waals surface area contributed by atoms with E-state index in [2.05, 4.69) is 51.7 Å². The third kappa shape index (κ3) is 6.97. The summed E-state index contributed by atoms with van der Waals surface area (Å²) in [6.07, 6.45) is 23.7. The van der Waals surface area contributed by atoms with Gasteiger partial charge in [0.25, 0.3) is 0 Å². The smallest absolute Gasteiger partial charge is 0.332 e. The predicted molar refractivity (Wildman–Crippen MR) is 138 cm³/mol. The Balaban J connectivity index is 0.000000133. The van der Waals surface area contributed by atoms with Crippen molar-refractivity contribution in [2.24, 2.45) is 47.3 Å². The summed E-state index contributed by atoms with van der Waals surface area (Å²) in [5, 5.41) is 0. The van der Waals surface area contributed by atoms with Crippen LogP contribution in [-0.4, -0.2) is 32.4 Å². The molecule has 9 atom stereocenters. The van der Waals surface area contributed by atoms with Gasteiger partial charge in [-0.2, -0.15) is 0 Å². The summed E-state index contributed by atoms with van der Waals surface area (Å²) in [5.74, 6) is 7.85. The average Bonchev–Trinajstić information content (AvgIpc) is 3.70. The van der Waals surface area contributed by atoms with E-state index in [1.807, 2.05) is 0 Å². The minimum Gasteiger partial charge on any atom is -0.466 e. The van der Waals surface area contributed by atoms with Crippen LogP contribution in [0.4, 0.5) is 0 Å². The highest BCUT2D eigenvalue weighted by molar-refractivity contribution is 5.81. The highest BCUT2D eigenvalue weighted by Crippen LogP contribution is 2.57.